The second-order valence-electron chi connectivity index (χ2n) is 6.48. The van der Waals surface area contributed by atoms with Crippen molar-refractivity contribution in [3.05, 3.63) is 64.5 Å². The summed E-state index contributed by atoms with van der Waals surface area (Å²) in [5, 5.41) is 8.57. The van der Waals surface area contributed by atoms with Gasteiger partial charge in [-0.1, -0.05) is 18.2 Å². The van der Waals surface area contributed by atoms with Crippen molar-refractivity contribution in [3.63, 3.8) is 0 Å². The van der Waals surface area contributed by atoms with Gasteiger partial charge in [0.25, 0.3) is 0 Å². The van der Waals surface area contributed by atoms with Gasteiger partial charge in [-0.3, -0.25) is 4.79 Å². The molecule has 6 heteroatoms. The Balaban J connectivity index is 1.35. The molecule has 3 N–H and O–H groups in total. The Kier molecular flexibility index (Phi) is 3.87. The lowest BCUT2D eigenvalue weighted by molar-refractivity contribution is -0.115. The monoisotopic (exact) mass is 339 g/mol. The molecule has 0 spiro atoms. The number of hydrogen-bond donors (Lipinski definition) is 3. The third-order valence-corrected chi connectivity index (χ3v) is 4.74. The first kappa shape index (κ1) is 15.6. The Morgan fingerprint density at radius 2 is 2.08 bits per heavy atom. The van der Waals surface area contributed by atoms with Gasteiger partial charge in [0.1, 0.15) is 5.82 Å². The summed E-state index contributed by atoms with van der Waals surface area (Å²) in [6.07, 6.45) is 1.92. The molecular weight excluding hydrogens is 321 g/mol. The summed E-state index contributed by atoms with van der Waals surface area (Å²) in [4.78, 5) is 23.6. The molecule has 4 rings (SSSR count). The number of urea groups is 1. The van der Waals surface area contributed by atoms with Gasteiger partial charge in [0, 0.05) is 12.2 Å². The quantitative estimate of drug-likeness (QED) is 0.805. The van der Waals surface area contributed by atoms with E-state index in [1.54, 1.807) is 6.07 Å². The molecule has 1 heterocycles. The number of amides is 3. The zero-order valence-electron chi connectivity index (χ0n) is 13.6. The van der Waals surface area contributed by atoms with E-state index < -0.39 is 0 Å². The Labute approximate surface area is 144 Å². The van der Waals surface area contributed by atoms with Crippen molar-refractivity contribution in [1.29, 1.82) is 0 Å². The molecule has 0 fully saturated rings. The number of rotatable bonds is 3. The topological polar surface area (TPSA) is 70.2 Å². The van der Waals surface area contributed by atoms with Crippen LogP contribution in [0.1, 0.15) is 34.7 Å². The standard InChI is InChI=1S/C19H18FN3O2/c20-14-3-4-15-12(8-14)2-6-17(15)23-19(25)21-10-11-1-5-16-13(7-11)9-18(24)22-16/h1,3-5,7-8,17H,2,6,9-10H2,(H,22,24)(H2,21,23,25). The first-order chi connectivity index (χ1) is 12.1. The highest BCUT2D eigenvalue weighted by Crippen LogP contribution is 2.31. The number of nitrogens with one attached hydrogen (secondary N) is 3. The van der Waals surface area contributed by atoms with Crippen LogP contribution in [-0.2, 0) is 24.2 Å². The van der Waals surface area contributed by atoms with E-state index in [0.29, 0.717) is 13.0 Å². The normalized spacial score (nSPS) is 17.6. The van der Waals surface area contributed by atoms with Crippen LogP contribution in [-0.4, -0.2) is 11.9 Å². The van der Waals surface area contributed by atoms with E-state index in [0.717, 1.165) is 40.8 Å². The minimum absolute atomic E-state index is 0.00538. The van der Waals surface area contributed by atoms with Gasteiger partial charge < -0.3 is 16.0 Å². The minimum Gasteiger partial charge on any atom is -0.334 e. The number of halogens is 1. The van der Waals surface area contributed by atoms with Gasteiger partial charge in [-0.25, -0.2) is 9.18 Å². The summed E-state index contributed by atoms with van der Waals surface area (Å²) in [5.74, 6) is -0.248. The van der Waals surface area contributed by atoms with E-state index in [4.69, 9.17) is 0 Å². The predicted octanol–water partition coefficient (Wildman–Crippen LogP) is 2.81. The summed E-state index contributed by atoms with van der Waals surface area (Å²) < 4.78 is 13.3. The van der Waals surface area contributed by atoms with Crippen LogP contribution >= 0.6 is 0 Å². The molecule has 25 heavy (non-hydrogen) atoms. The van der Waals surface area contributed by atoms with Crippen LogP contribution in [0.3, 0.4) is 0 Å². The average Bonchev–Trinajstić information content (AvgIpc) is 3.14. The average molecular weight is 339 g/mol. The molecule has 3 amide bonds. The molecule has 0 aromatic heterocycles. The molecule has 1 aliphatic carbocycles. The van der Waals surface area contributed by atoms with Gasteiger partial charge in [0.2, 0.25) is 5.91 Å². The number of benzene rings is 2. The summed E-state index contributed by atoms with van der Waals surface area (Å²) >= 11 is 0. The molecule has 0 radical (unpaired) electrons. The van der Waals surface area contributed by atoms with Crippen LogP contribution in [0.5, 0.6) is 0 Å². The number of aryl methyl sites for hydroxylation is 1. The fraction of sp³-hybridized carbons (Fsp3) is 0.263. The van der Waals surface area contributed by atoms with Crippen molar-refractivity contribution < 1.29 is 14.0 Å². The smallest absolute Gasteiger partial charge is 0.315 e. The largest absolute Gasteiger partial charge is 0.334 e. The highest BCUT2D eigenvalue weighted by molar-refractivity contribution is 5.99. The fourth-order valence-electron chi connectivity index (χ4n) is 3.52. The number of fused-ring (bicyclic) bond motifs is 2. The molecule has 128 valence electrons. The maximum absolute atomic E-state index is 13.3. The van der Waals surface area contributed by atoms with Crippen molar-refractivity contribution in [1.82, 2.24) is 10.6 Å². The number of hydrogen-bond acceptors (Lipinski definition) is 2. The second-order valence-corrected chi connectivity index (χ2v) is 6.48. The maximum Gasteiger partial charge on any atom is 0.315 e. The van der Waals surface area contributed by atoms with Crippen molar-refractivity contribution >= 4 is 17.6 Å². The van der Waals surface area contributed by atoms with E-state index in [1.165, 1.54) is 12.1 Å². The van der Waals surface area contributed by atoms with E-state index >= 15 is 0 Å². The molecule has 0 bridgehead atoms. The Morgan fingerprint density at radius 3 is 2.96 bits per heavy atom. The number of carbonyl (C=O) groups is 2. The van der Waals surface area contributed by atoms with Gasteiger partial charge in [-0.2, -0.15) is 0 Å². The third kappa shape index (κ3) is 3.20. The molecular formula is C19H18FN3O2. The van der Waals surface area contributed by atoms with E-state index in [9.17, 15) is 14.0 Å². The molecule has 2 aliphatic rings. The maximum atomic E-state index is 13.3. The van der Waals surface area contributed by atoms with Crippen LogP contribution in [0, 0.1) is 5.82 Å². The molecule has 2 aromatic rings. The molecule has 1 unspecified atom stereocenters. The number of carbonyl (C=O) groups excluding carboxylic acids is 2. The van der Waals surface area contributed by atoms with Crippen LogP contribution in [0.15, 0.2) is 36.4 Å². The lowest BCUT2D eigenvalue weighted by Crippen LogP contribution is -2.36. The van der Waals surface area contributed by atoms with E-state index in [-0.39, 0.29) is 23.8 Å². The lowest BCUT2D eigenvalue weighted by Gasteiger charge is -2.15. The molecule has 1 atom stereocenters. The van der Waals surface area contributed by atoms with Crippen LogP contribution in [0.4, 0.5) is 14.9 Å². The highest BCUT2D eigenvalue weighted by atomic mass is 19.1. The summed E-state index contributed by atoms with van der Waals surface area (Å²) in [7, 11) is 0. The first-order valence-electron chi connectivity index (χ1n) is 8.33. The van der Waals surface area contributed by atoms with Crippen molar-refractivity contribution in [3.8, 4) is 0 Å². The SMILES string of the molecule is O=C1Cc2cc(CNC(=O)NC3CCc4cc(F)ccc43)ccc2N1. The van der Waals surface area contributed by atoms with Gasteiger partial charge >= 0.3 is 6.03 Å². The fourth-order valence-corrected chi connectivity index (χ4v) is 3.52. The third-order valence-electron chi connectivity index (χ3n) is 4.74. The molecule has 0 saturated carbocycles. The summed E-state index contributed by atoms with van der Waals surface area (Å²) in [6, 6.07) is 10.0. The lowest BCUT2D eigenvalue weighted by atomic mass is 10.1. The van der Waals surface area contributed by atoms with Gasteiger partial charge in [0.15, 0.2) is 0 Å². The molecule has 0 saturated heterocycles. The Hall–Kier alpha value is -2.89. The van der Waals surface area contributed by atoms with Crippen LogP contribution in [0.2, 0.25) is 0 Å². The van der Waals surface area contributed by atoms with Crippen molar-refractivity contribution in [2.75, 3.05) is 5.32 Å². The first-order valence-corrected chi connectivity index (χ1v) is 8.33. The van der Waals surface area contributed by atoms with Crippen LogP contribution < -0.4 is 16.0 Å². The highest BCUT2D eigenvalue weighted by Gasteiger charge is 2.24. The van der Waals surface area contributed by atoms with Crippen molar-refractivity contribution in [2.45, 2.75) is 31.8 Å². The van der Waals surface area contributed by atoms with E-state index in [1.807, 2.05) is 18.2 Å². The Morgan fingerprint density at radius 1 is 1.20 bits per heavy atom. The predicted molar refractivity (Wildman–Crippen MR) is 91.6 cm³/mol. The van der Waals surface area contributed by atoms with Gasteiger partial charge in [-0.15, -0.1) is 0 Å². The number of anilines is 1. The molecule has 2 aromatic carbocycles. The summed E-state index contributed by atoms with van der Waals surface area (Å²) in [6.45, 7) is 0.385. The zero-order valence-corrected chi connectivity index (χ0v) is 13.6. The van der Waals surface area contributed by atoms with Gasteiger partial charge in [-0.05, 0) is 53.3 Å². The summed E-state index contributed by atoms with van der Waals surface area (Å²) in [5.41, 5.74) is 4.68. The molecule has 1 aliphatic heterocycles. The second kappa shape index (κ2) is 6.20. The van der Waals surface area contributed by atoms with Gasteiger partial charge in [0.05, 0.1) is 12.5 Å². The van der Waals surface area contributed by atoms with Crippen molar-refractivity contribution in [2.24, 2.45) is 0 Å². The zero-order chi connectivity index (χ0) is 17.4. The van der Waals surface area contributed by atoms with Crippen LogP contribution in [0.25, 0.3) is 0 Å². The minimum atomic E-state index is -0.253. The molecule has 5 nitrogen and oxygen atoms in total. The van der Waals surface area contributed by atoms with E-state index in [2.05, 4.69) is 16.0 Å². The Bertz CT molecular complexity index is 866.